The Morgan fingerprint density at radius 2 is 1.95 bits per heavy atom. The first-order valence-electron chi connectivity index (χ1n) is 6.49. The maximum atomic E-state index is 12.3. The fourth-order valence-corrected chi connectivity index (χ4v) is 3.18. The van der Waals surface area contributed by atoms with Crippen molar-refractivity contribution in [1.82, 2.24) is 4.72 Å². The van der Waals surface area contributed by atoms with Crippen molar-refractivity contribution in [2.75, 3.05) is 0 Å². The molecule has 0 amide bonds. The SMILES string of the molecule is CC(=O)c1cccc(S(=O)(=O)N[C@@H](C)c2ccc(C)o2)c1. The van der Waals surface area contributed by atoms with E-state index in [1.807, 2.05) is 0 Å². The molecule has 2 aromatic rings. The van der Waals surface area contributed by atoms with Gasteiger partial charge in [-0.05, 0) is 45.0 Å². The molecule has 2 rings (SSSR count). The molecule has 0 aliphatic heterocycles. The number of nitrogens with one attached hydrogen (secondary N) is 1. The van der Waals surface area contributed by atoms with Gasteiger partial charge in [0.15, 0.2) is 5.78 Å². The lowest BCUT2D eigenvalue weighted by atomic mass is 10.2. The molecule has 0 aliphatic carbocycles. The normalized spacial score (nSPS) is 13.1. The van der Waals surface area contributed by atoms with Crippen LogP contribution in [0.2, 0.25) is 0 Å². The van der Waals surface area contributed by atoms with Crippen LogP contribution in [0.5, 0.6) is 0 Å². The Morgan fingerprint density at radius 1 is 1.24 bits per heavy atom. The summed E-state index contributed by atoms with van der Waals surface area (Å²) in [6.45, 7) is 4.89. The minimum absolute atomic E-state index is 0.0605. The summed E-state index contributed by atoms with van der Waals surface area (Å²) in [5.74, 6) is 1.08. The lowest BCUT2D eigenvalue weighted by Gasteiger charge is -2.12. The van der Waals surface area contributed by atoms with Gasteiger partial charge < -0.3 is 4.42 Å². The van der Waals surface area contributed by atoms with Crippen LogP contribution in [0.15, 0.2) is 45.7 Å². The molecule has 1 atom stereocenters. The van der Waals surface area contributed by atoms with E-state index in [1.54, 1.807) is 38.1 Å². The van der Waals surface area contributed by atoms with Crippen molar-refractivity contribution in [3.8, 4) is 0 Å². The van der Waals surface area contributed by atoms with Crippen LogP contribution in [0.3, 0.4) is 0 Å². The number of Topliss-reactive ketones (excluding diaryl/α,β-unsaturated/α-hetero) is 1. The van der Waals surface area contributed by atoms with Crippen molar-refractivity contribution < 1.29 is 17.6 Å². The van der Waals surface area contributed by atoms with Gasteiger partial charge in [-0.15, -0.1) is 0 Å². The lowest BCUT2D eigenvalue weighted by Crippen LogP contribution is -2.26. The Labute approximate surface area is 124 Å². The largest absolute Gasteiger partial charge is 0.465 e. The van der Waals surface area contributed by atoms with Gasteiger partial charge in [0.25, 0.3) is 0 Å². The van der Waals surface area contributed by atoms with E-state index in [1.165, 1.54) is 19.1 Å². The minimum atomic E-state index is -3.72. The third kappa shape index (κ3) is 3.59. The Kier molecular flexibility index (Phi) is 4.29. The van der Waals surface area contributed by atoms with Crippen LogP contribution in [0, 0.1) is 6.92 Å². The third-order valence-electron chi connectivity index (χ3n) is 3.07. The van der Waals surface area contributed by atoms with Gasteiger partial charge in [-0.2, -0.15) is 0 Å². The van der Waals surface area contributed by atoms with Crippen LogP contribution < -0.4 is 4.72 Å². The van der Waals surface area contributed by atoms with Gasteiger partial charge in [-0.3, -0.25) is 4.79 Å². The molecular formula is C15H17NO4S. The highest BCUT2D eigenvalue weighted by Crippen LogP contribution is 2.19. The molecule has 112 valence electrons. The van der Waals surface area contributed by atoms with E-state index < -0.39 is 16.1 Å². The Balaban J connectivity index is 2.26. The molecular weight excluding hydrogens is 290 g/mol. The van der Waals surface area contributed by atoms with Crippen molar-refractivity contribution in [3.05, 3.63) is 53.5 Å². The van der Waals surface area contributed by atoms with E-state index in [4.69, 9.17) is 4.42 Å². The predicted octanol–water partition coefficient (Wildman–Crippen LogP) is 2.83. The van der Waals surface area contributed by atoms with Crippen LogP contribution in [0.25, 0.3) is 0 Å². The fourth-order valence-electron chi connectivity index (χ4n) is 1.93. The molecule has 1 aromatic carbocycles. The number of aryl methyl sites for hydroxylation is 1. The van der Waals surface area contributed by atoms with Crippen molar-refractivity contribution in [1.29, 1.82) is 0 Å². The van der Waals surface area contributed by atoms with Gasteiger partial charge in [-0.1, -0.05) is 12.1 Å². The van der Waals surface area contributed by atoms with Crippen molar-refractivity contribution in [3.63, 3.8) is 0 Å². The zero-order valence-electron chi connectivity index (χ0n) is 12.1. The van der Waals surface area contributed by atoms with Crippen LogP contribution in [0.1, 0.15) is 41.8 Å². The Bertz CT molecular complexity index is 761. The molecule has 0 bridgehead atoms. The smallest absolute Gasteiger partial charge is 0.241 e. The highest BCUT2D eigenvalue weighted by Gasteiger charge is 2.20. The first kappa shape index (κ1) is 15.5. The first-order chi connectivity index (χ1) is 9.79. The molecule has 0 saturated carbocycles. The second-order valence-corrected chi connectivity index (χ2v) is 6.59. The van der Waals surface area contributed by atoms with Gasteiger partial charge in [0.1, 0.15) is 11.5 Å². The van der Waals surface area contributed by atoms with E-state index in [0.29, 0.717) is 11.3 Å². The molecule has 0 saturated heterocycles. The number of benzene rings is 1. The number of hydrogen-bond acceptors (Lipinski definition) is 4. The maximum absolute atomic E-state index is 12.3. The van der Waals surface area contributed by atoms with Crippen LogP contribution in [-0.2, 0) is 10.0 Å². The fraction of sp³-hybridized carbons (Fsp3) is 0.267. The average Bonchev–Trinajstić information content (AvgIpc) is 2.85. The number of furan rings is 1. The van der Waals surface area contributed by atoms with E-state index in [2.05, 4.69) is 4.72 Å². The van der Waals surface area contributed by atoms with Gasteiger partial charge in [0.05, 0.1) is 10.9 Å². The van der Waals surface area contributed by atoms with Crippen LogP contribution in [0.4, 0.5) is 0 Å². The molecule has 0 radical (unpaired) electrons. The summed E-state index contributed by atoms with van der Waals surface area (Å²) in [6, 6.07) is 8.96. The number of sulfonamides is 1. The molecule has 1 N–H and O–H groups in total. The number of ketones is 1. The summed E-state index contributed by atoms with van der Waals surface area (Å²) in [7, 11) is -3.72. The quantitative estimate of drug-likeness (QED) is 0.862. The zero-order chi connectivity index (χ0) is 15.6. The van der Waals surface area contributed by atoms with E-state index >= 15 is 0 Å². The van der Waals surface area contributed by atoms with Crippen LogP contribution in [-0.4, -0.2) is 14.2 Å². The number of hydrogen-bond donors (Lipinski definition) is 1. The summed E-state index contributed by atoms with van der Waals surface area (Å²) in [6.07, 6.45) is 0. The Hall–Kier alpha value is -1.92. The standard InChI is InChI=1S/C15H17NO4S/c1-10-7-8-15(20-10)11(2)16-21(18,19)14-6-4-5-13(9-14)12(3)17/h4-9,11,16H,1-3H3/t11-/m0/s1. The van der Waals surface area contributed by atoms with E-state index in [9.17, 15) is 13.2 Å². The summed E-state index contributed by atoms with van der Waals surface area (Å²) in [5, 5.41) is 0. The second-order valence-electron chi connectivity index (χ2n) is 4.88. The molecule has 0 aliphatic rings. The molecule has 0 fully saturated rings. The number of carbonyl (C=O) groups excluding carboxylic acids is 1. The van der Waals surface area contributed by atoms with E-state index in [-0.39, 0.29) is 10.7 Å². The summed E-state index contributed by atoms with van der Waals surface area (Å²) >= 11 is 0. The summed E-state index contributed by atoms with van der Waals surface area (Å²) in [5.41, 5.74) is 0.361. The predicted molar refractivity (Wildman–Crippen MR) is 78.6 cm³/mol. The first-order valence-corrected chi connectivity index (χ1v) is 7.97. The highest BCUT2D eigenvalue weighted by atomic mass is 32.2. The van der Waals surface area contributed by atoms with Crippen molar-refractivity contribution >= 4 is 15.8 Å². The van der Waals surface area contributed by atoms with Gasteiger partial charge in [-0.25, -0.2) is 13.1 Å². The van der Waals surface area contributed by atoms with Crippen molar-refractivity contribution in [2.24, 2.45) is 0 Å². The van der Waals surface area contributed by atoms with Crippen LogP contribution >= 0.6 is 0 Å². The van der Waals surface area contributed by atoms with Gasteiger partial charge in [0.2, 0.25) is 10.0 Å². The average molecular weight is 307 g/mol. The number of carbonyl (C=O) groups is 1. The molecule has 1 heterocycles. The van der Waals surface area contributed by atoms with E-state index in [0.717, 1.165) is 5.76 Å². The molecule has 21 heavy (non-hydrogen) atoms. The molecule has 1 aromatic heterocycles. The van der Waals surface area contributed by atoms with Gasteiger partial charge >= 0.3 is 0 Å². The monoisotopic (exact) mass is 307 g/mol. The lowest BCUT2D eigenvalue weighted by molar-refractivity contribution is 0.101. The van der Waals surface area contributed by atoms with Gasteiger partial charge in [0, 0.05) is 5.56 Å². The maximum Gasteiger partial charge on any atom is 0.241 e. The second kappa shape index (κ2) is 5.83. The minimum Gasteiger partial charge on any atom is -0.465 e. The molecule has 6 heteroatoms. The molecule has 0 unspecified atom stereocenters. The number of rotatable bonds is 5. The third-order valence-corrected chi connectivity index (χ3v) is 4.61. The summed E-state index contributed by atoms with van der Waals surface area (Å²) in [4.78, 5) is 11.4. The highest BCUT2D eigenvalue weighted by molar-refractivity contribution is 7.89. The molecule has 0 spiro atoms. The zero-order valence-corrected chi connectivity index (χ0v) is 12.9. The molecule has 5 nitrogen and oxygen atoms in total. The Morgan fingerprint density at radius 3 is 2.52 bits per heavy atom. The summed E-state index contributed by atoms with van der Waals surface area (Å²) < 4.78 is 32.6. The topological polar surface area (TPSA) is 76.4 Å². The van der Waals surface area contributed by atoms with Crippen molar-refractivity contribution in [2.45, 2.75) is 31.7 Å².